The molecule has 0 radical (unpaired) electrons. The molecule has 1 aromatic rings. The normalized spacial score (nSPS) is 26.1. The van der Waals surface area contributed by atoms with Crippen LogP contribution >= 0.6 is 0 Å². The lowest BCUT2D eigenvalue weighted by atomic mass is 9.93. The number of aromatic nitrogens is 1. The Labute approximate surface area is 207 Å². The Morgan fingerprint density at radius 3 is 2.37 bits per heavy atom. The zero-order valence-electron chi connectivity index (χ0n) is 20.0. The fraction of sp³-hybridized carbons (Fsp3) is 0.714. The van der Waals surface area contributed by atoms with Crippen molar-refractivity contribution >= 4 is 26.0 Å². The number of ether oxygens (including phenoxy) is 1. The minimum Gasteiger partial charge on any atom is -0.379 e. The molecular weight excluding hydrogens is 496 g/mol. The van der Waals surface area contributed by atoms with Crippen molar-refractivity contribution in [3.05, 3.63) is 23.9 Å². The zero-order valence-corrected chi connectivity index (χ0v) is 21.6. The molecule has 1 aromatic heterocycles. The number of pyridine rings is 1. The van der Waals surface area contributed by atoms with Crippen LogP contribution in [0.15, 0.2) is 23.4 Å². The number of amides is 1. The Morgan fingerprint density at radius 2 is 1.74 bits per heavy atom. The van der Waals surface area contributed by atoms with Gasteiger partial charge in [0.2, 0.25) is 15.9 Å². The third-order valence-electron chi connectivity index (χ3n) is 6.96. The third kappa shape index (κ3) is 6.01. The van der Waals surface area contributed by atoms with Crippen molar-refractivity contribution in [2.24, 2.45) is 11.7 Å². The highest BCUT2D eigenvalue weighted by molar-refractivity contribution is 7.89. The van der Waals surface area contributed by atoms with Crippen LogP contribution in [0.25, 0.3) is 0 Å². The highest BCUT2D eigenvalue weighted by atomic mass is 32.2. The lowest BCUT2D eigenvalue weighted by Crippen LogP contribution is -2.59. The number of sulfonamides is 2. The second-order valence-corrected chi connectivity index (χ2v) is 13.1. The molecule has 196 valence electrons. The highest BCUT2D eigenvalue weighted by Crippen LogP contribution is 2.28. The molecule has 3 aliphatic heterocycles. The third-order valence-corrected chi connectivity index (χ3v) is 10.00. The van der Waals surface area contributed by atoms with Gasteiger partial charge in [-0.1, -0.05) is 0 Å². The molecule has 4 heterocycles. The van der Waals surface area contributed by atoms with E-state index in [0.717, 1.165) is 6.26 Å². The molecule has 4 rings (SSSR count). The Kier molecular flexibility index (Phi) is 8.10. The molecule has 3 aliphatic rings. The van der Waals surface area contributed by atoms with E-state index in [0.29, 0.717) is 38.3 Å². The molecule has 3 saturated heterocycles. The lowest BCUT2D eigenvalue weighted by molar-refractivity contribution is -0.139. The Morgan fingerprint density at radius 1 is 1.06 bits per heavy atom. The first-order valence-corrected chi connectivity index (χ1v) is 15.1. The number of nitrogens with zero attached hydrogens (tertiary/aromatic N) is 5. The average molecular weight is 531 g/mol. The van der Waals surface area contributed by atoms with Crippen molar-refractivity contribution in [1.82, 2.24) is 23.4 Å². The summed E-state index contributed by atoms with van der Waals surface area (Å²) in [7, 11) is -7.26. The highest BCUT2D eigenvalue weighted by Gasteiger charge is 2.42. The molecule has 2 atom stereocenters. The van der Waals surface area contributed by atoms with Crippen LogP contribution in [-0.4, -0.2) is 124 Å². The van der Waals surface area contributed by atoms with Crippen molar-refractivity contribution in [2.45, 2.75) is 24.0 Å². The first-order chi connectivity index (χ1) is 16.6. The van der Waals surface area contributed by atoms with Gasteiger partial charge in [-0.25, -0.2) is 21.8 Å². The molecule has 0 aliphatic carbocycles. The van der Waals surface area contributed by atoms with Crippen LogP contribution in [-0.2, 0) is 36.1 Å². The maximum absolute atomic E-state index is 13.6. The molecule has 0 spiro atoms. The number of rotatable bonds is 6. The van der Waals surface area contributed by atoms with Gasteiger partial charge in [0.05, 0.1) is 25.4 Å². The molecule has 0 aromatic carbocycles. The maximum Gasteiger partial charge on any atom is 0.260 e. The minimum absolute atomic E-state index is 0.0584. The lowest BCUT2D eigenvalue weighted by Gasteiger charge is -2.44. The average Bonchev–Trinajstić information content (AvgIpc) is 2.88. The fourth-order valence-corrected chi connectivity index (χ4v) is 7.29. The number of nitrogens with two attached hydrogens (primary N) is 1. The van der Waals surface area contributed by atoms with Crippen molar-refractivity contribution in [3.63, 3.8) is 0 Å². The monoisotopic (exact) mass is 530 g/mol. The molecule has 2 N–H and O–H groups in total. The van der Waals surface area contributed by atoms with E-state index in [1.54, 1.807) is 11.0 Å². The van der Waals surface area contributed by atoms with Crippen LogP contribution in [0, 0.1) is 5.92 Å². The van der Waals surface area contributed by atoms with E-state index in [9.17, 15) is 21.6 Å². The van der Waals surface area contributed by atoms with Crippen molar-refractivity contribution in [1.29, 1.82) is 0 Å². The number of hydrogen-bond donors (Lipinski definition) is 1. The zero-order chi connectivity index (χ0) is 25.2. The van der Waals surface area contributed by atoms with Gasteiger partial charge in [-0.15, -0.1) is 0 Å². The van der Waals surface area contributed by atoms with Crippen LogP contribution in [0.5, 0.6) is 0 Å². The van der Waals surface area contributed by atoms with Gasteiger partial charge in [-0.05, 0) is 24.1 Å². The molecule has 2 unspecified atom stereocenters. The largest absolute Gasteiger partial charge is 0.379 e. The summed E-state index contributed by atoms with van der Waals surface area (Å²) >= 11 is 0. The number of piperidine rings is 1. The van der Waals surface area contributed by atoms with Gasteiger partial charge in [-0.2, -0.15) is 8.61 Å². The van der Waals surface area contributed by atoms with E-state index in [1.165, 1.54) is 20.9 Å². The van der Waals surface area contributed by atoms with Crippen molar-refractivity contribution in [3.8, 4) is 0 Å². The summed E-state index contributed by atoms with van der Waals surface area (Å²) in [5.74, 6) is -0.672. The Bertz CT molecular complexity index is 1120. The summed E-state index contributed by atoms with van der Waals surface area (Å²) in [6.45, 7) is 4.05. The standard InChI is InChI=1S/C21H34N6O6S2/c1-34(29,30)26-6-4-25(5-7-26)21(28)18-13-19(24-8-10-33-11-9-24)16-27(15-18)35(31,32)20-12-17(14-22)2-3-23-20/h2-3,12,18-19H,4-11,13-16,22H2,1H3. The number of piperazine rings is 1. The molecule has 12 nitrogen and oxygen atoms in total. The van der Waals surface area contributed by atoms with E-state index in [-0.39, 0.29) is 62.8 Å². The van der Waals surface area contributed by atoms with Crippen LogP contribution in [0.1, 0.15) is 12.0 Å². The predicted molar refractivity (Wildman–Crippen MR) is 128 cm³/mol. The SMILES string of the molecule is CS(=O)(=O)N1CCN(C(=O)C2CC(N3CCOCC3)CN(S(=O)(=O)c3cc(CN)ccn3)C2)CC1. The molecular formula is C21H34N6O6S2. The van der Waals surface area contributed by atoms with Gasteiger partial charge < -0.3 is 15.4 Å². The van der Waals surface area contributed by atoms with E-state index in [4.69, 9.17) is 10.5 Å². The number of carbonyl (C=O) groups is 1. The minimum atomic E-state index is -3.94. The van der Waals surface area contributed by atoms with Crippen molar-refractivity contribution in [2.75, 3.05) is 71.8 Å². The first kappa shape index (κ1) is 26.4. The van der Waals surface area contributed by atoms with E-state index in [1.807, 2.05) is 0 Å². The molecule has 3 fully saturated rings. The topological polar surface area (TPSA) is 146 Å². The Hall–Kier alpha value is -1.68. The van der Waals surface area contributed by atoms with Gasteiger partial charge in [0.15, 0.2) is 5.03 Å². The summed E-state index contributed by atoms with van der Waals surface area (Å²) in [4.78, 5) is 21.4. The molecule has 0 saturated carbocycles. The van der Waals surface area contributed by atoms with Crippen LogP contribution < -0.4 is 5.73 Å². The molecule has 1 amide bonds. The first-order valence-electron chi connectivity index (χ1n) is 11.8. The van der Waals surface area contributed by atoms with Crippen LogP contribution in [0.4, 0.5) is 0 Å². The van der Waals surface area contributed by atoms with Crippen molar-refractivity contribution < 1.29 is 26.4 Å². The summed E-state index contributed by atoms with van der Waals surface area (Å²) < 4.78 is 59.0. The summed E-state index contributed by atoms with van der Waals surface area (Å²) in [6, 6.07) is 3.02. The van der Waals surface area contributed by atoms with E-state index < -0.39 is 26.0 Å². The summed E-state index contributed by atoms with van der Waals surface area (Å²) in [5, 5.41) is -0.0731. The number of hydrogen-bond acceptors (Lipinski definition) is 9. The molecule has 0 bridgehead atoms. The molecule has 14 heteroatoms. The Balaban J connectivity index is 1.55. The van der Waals surface area contributed by atoms with Gasteiger partial charge in [0, 0.05) is 71.1 Å². The second-order valence-electron chi connectivity index (χ2n) is 9.25. The predicted octanol–water partition coefficient (Wildman–Crippen LogP) is -1.64. The van der Waals surface area contributed by atoms with Gasteiger partial charge in [0.25, 0.3) is 10.0 Å². The van der Waals surface area contributed by atoms with E-state index >= 15 is 0 Å². The van der Waals surface area contributed by atoms with Gasteiger partial charge >= 0.3 is 0 Å². The van der Waals surface area contributed by atoms with Crippen LogP contribution in [0.3, 0.4) is 0 Å². The van der Waals surface area contributed by atoms with Gasteiger partial charge in [-0.3, -0.25) is 9.69 Å². The number of carbonyl (C=O) groups excluding carboxylic acids is 1. The quantitative estimate of drug-likeness (QED) is 0.457. The van der Waals surface area contributed by atoms with Gasteiger partial charge in [0.1, 0.15) is 0 Å². The number of morpholine rings is 1. The smallest absolute Gasteiger partial charge is 0.260 e. The van der Waals surface area contributed by atoms with E-state index in [2.05, 4.69) is 9.88 Å². The summed E-state index contributed by atoms with van der Waals surface area (Å²) in [5.41, 5.74) is 6.36. The second kappa shape index (κ2) is 10.7. The fourth-order valence-electron chi connectivity index (χ4n) is 4.96. The van der Waals surface area contributed by atoms with Crippen LogP contribution in [0.2, 0.25) is 0 Å². The molecule has 35 heavy (non-hydrogen) atoms. The summed E-state index contributed by atoms with van der Waals surface area (Å²) in [6.07, 6.45) is 3.13. The maximum atomic E-state index is 13.6.